The lowest BCUT2D eigenvalue weighted by atomic mass is 10.2. The molecule has 1 atom stereocenters. The summed E-state index contributed by atoms with van der Waals surface area (Å²) in [7, 11) is 1.82. The lowest BCUT2D eigenvalue weighted by molar-refractivity contribution is -0.131. The van der Waals surface area contributed by atoms with E-state index in [1.165, 1.54) is 0 Å². The second kappa shape index (κ2) is 7.01. The third kappa shape index (κ3) is 4.53. The minimum Gasteiger partial charge on any atom is -0.345 e. The van der Waals surface area contributed by atoms with Crippen molar-refractivity contribution in [2.75, 3.05) is 20.1 Å². The zero-order chi connectivity index (χ0) is 12.7. The minimum atomic E-state index is -0.135. The van der Waals surface area contributed by atoms with Gasteiger partial charge in [0.05, 0.1) is 6.04 Å². The zero-order valence-electron chi connectivity index (χ0n) is 10.8. The van der Waals surface area contributed by atoms with Crippen LogP contribution in [0.4, 0.5) is 0 Å². The molecule has 0 aliphatic rings. The van der Waals surface area contributed by atoms with Gasteiger partial charge >= 0.3 is 0 Å². The molecule has 1 aromatic rings. The molecule has 0 saturated carbocycles. The Morgan fingerprint density at radius 3 is 2.88 bits per heavy atom. The zero-order valence-corrected chi connectivity index (χ0v) is 10.8. The molecule has 17 heavy (non-hydrogen) atoms. The van der Waals surface area contributed by atoms with Crippen LogP contribution in [0.3, 0.4) is 0 Å². The average Bonchev–Trinajstić information content (AvgIpc) is 2.38. The van der Waals surface area contributed by atoms with Gasteiger partial charge in [-0.1, -0.05) is 6.07 Å². The summed E-state index contributed by atoms with van der Waals surface area (Å²) in [6.07, 6.45) is 2.63. The van der Waals surface area contributed by atoms with Crippen molar-refractivity contribution in [2.24, 2.45) is 0 Å². The Kier molecular flexibility index (Phi) is 5.63. The number of amides is 1. The Balaban J connectivity index is 2.29. The van der Waals surface area contributed by atoms with Crippen LogP contribution in [0.2, 0.25) is 0 Å². The molecule has 0 fully saturated rings. The van der Waals surface area contributed by atoms with E-state index in [0.717, 1.165) is 25.2 Å². The predicted molar refractivity (Wildman–Crippen MR) is 68.7 cm³/mol. The smallest absolute Gasteiger partial charge is 0.239 e. The van der Waals surface area contributed by atoms with Crippen molar-refractivity contribution >= 4 is 5.91 Å². The normalized spacial score (nSPS) is 12.2. The highest BCUT2D eigenvalue weighted by molar-refractivity contribution is 5.81. The first-order chi connectivity index (χ1) is 8.15. The number of hydrogen-bond donors (Lipinski definition) is 1. The van der Waals surface area contributed by atoms with Gasteiger partial charge in [-0.05, 0) is 26.0 Å². The van der Waals surface area contributed by atoms with E-state index < -0.39 is 0 Å². The lowest BCUT2D eigenvalue weighted by Crippen LogP contribution is -2.43. The van der Waals surface area contributed by atoms with E-state index in [4.69, 9.17) is 0 Å². The van der Waals surface area contributed by atoms with Crippen LogP contribution in [0.5, 0.6) is 0 Å². The van der Waals surface area contributed by atoms with Crippen LogP contribution < -0.4 is 5.32 Å². The summed E-state index contributed by atoms with van der Waals surface area (Å²) < 4.78 is 0. The topological polar surface area (TPSA) is 45.2 Å². The van der Waals surface area contributed by atoms with E-state index in [0.29, 0.717) is 0 Å². The van der Waals surface area contributed by atoms with Gasteiger partial charge in [0.15, 0.2) is 0 Å². The second-order valence-electron chi connectivity index (χ2n) is 4.10. The van der Waals surface area contributed by atoms with Crippen molar-refractivity contribution in [1.29, 1.82) is 0 Å². The molecule has 0 bridgehead atoms. The molecule has 0 aliphatic carbocycles. The second-order valence-corrected chi connectivity index (χ2v) is 4.10. The molecule has 1 unspecified atom stereocenters. The molecule has 4 nitrogen and oxygen atoms in total. The first-order valence-electron chi connectivity index (χ1n) is 6.03. The number of nitrogens with one attached hydrogen (secondary N) is 1. The minimum absolute atomic E-state index is 0.133. The van der Waals surface area contributed by atoms with Crippen LogP contribution in [0.25, 0.3) is 0 Å². The molecule has 1 heterocycles. The van der Waals surface area contributed by atoms with E-state index in [1.807, 2.05) is 39.1 Å². The first-order valence-corrected chi connectivity index (χ1v) is 6.03. The van der Waals surface area contributed by atoms with Crippen molar-refractivity contribution in [3.8, 4) is 0 Å². The summed E-state index contributed by atoms with van der Waals surface area (Å²) in [5, 5.41) is 3.21. The van der Waals surface area contributed by atoms with E-state index in [1.54, 1.807) is 11.1 Å². The van der Waals surface area contributed by atoms with E-state index in [9.17, 15) is 4.79 Å². The van der Waals surface area contributed by atoms with E-state index in [2.05, 4.69) is 10.3 Å². The molecular weight excluding hydrogens is 214 g/mol. The summed E-state index contributed by atoms with van der Waals surface area (Å²) >= 11 is 0. The lowest BCUT2D eigenvalue weighted by Gasteiger charge is -2.20. The standard InChI is InChI=1S/C13H21N3O/c1-4-16(3)13(17)11(2)14-10-8-12-7-5-6-9-15-12/h5-7,9,11,14H,4,8,10H2,1-3H3. The molecule has 0 aromatic carbocycles. The van der Waals surface area contributed by atoms with Crippen molar-refractivity contribution < 1.29 is 4.79 Å². The van der Waals surface area contributed by atoms with E-state index >= 15 is 0 Å². The van der Waals surface area contributed by atoms with Crippen LogP contribution in [-0.4, -0.2) is 42.0 Å². The first kappa shape index (κ1) is 13.6. The average molecular weight is 235 g/mol. The summed E-state index contributed by atoms with van der Waals surface area (Å²) in [6.45, 7) is 5.37. The fraction of sp³-hybridized carbons (Fsp3) is 0.538. The van der Waals surface area contributed by atoms with Gasteiger partial charge in [0, 0.05) is 38.4 Å². The maximum absolute atomic E-state index is 11.8. The van der Waals surface area contributed by atoms with Crippen LogP contribution >= 0.6 is 0 Å². The van der Waals surface area contributed by atoms with Crippen LogP contribution in [0.15, 0.2) is 24.4 Å². The van der Waals surface area contributed by atoms with Crippen molar-refractivity contribution in [2.45, 2.75) is 26.3 Å². The number of pyridine rings is 1. The highest BCUT2D eigenvalue weighted by atomic mass is 16.2. The molecule has 0 aliphatic heterocycles. The fourth-order valence-electron chi connectivity index (χ4n) is 1.54. The molecule has 1 aromatic heterocycles. The number of carbonyl (C=O) groups is 1. The van der Waals surface area contributed by atoms with Gasteiger partial charge in [-0.3, -0.25) is 9.78 Å². The highest BCUT2D eigenvalue weighted by Crippen LogP contribution is 1.95. The number of aromatic nitrogens is 1. The summed E-state index contributed by atoms with van der Waals surface area (Å²) in [4.78, 5) is 17.7. The van der Waals surface area contributed by atoms with E-state index in [-0.39, 0.29) is 11.9 Å². The summed E-state index contributed by atoms with van der Waals surface area (Å²) in [5.41, 5.74) is 1.04. The van der Waals surface area contributed by atoms with Crippen LogP contribution in [0, 0.1) is 0 Å². The maximum atomic E-state index is 11.8. The Morgan fingerprint density at radius 2 is 2.29 bits per heavy atom. The Bertz CT molecular complexity index is 340. The molecule has 0 spiro atoms. The molecular formula is C13H21N3O. The van der Waals surface area contributed by atoms with Gasteiger partial charge in [-0.2, -0.15) is 0 Å². The highest BCUT2D eigenvalue weighted by Gasteiger charge is 2.14. The summed E-state index contributed by atoms with van der Waals surface area (Å²) in [5.74, 6) is 0.133. The van der Waals surface area contributed by atoms with Crippen molar-refractivity contribution in [3.63, 3.8) is 0 Å². The number of hydrogen-bond acceptors (Lipinski definition) is 3. The monoisotopic (exact) mass is 235 g/mol. The van der Waals surface area contributed by atoms with Crippen molar-refractivity contribution in [1.82, 2.24) is 15.2 Å². The quantitative estimate of drug-likeness (QED) is 0.802. The van der Waals surface area contributed by atoms with Gasteiger partial charge in [0.25, 0.3) is 0 Å². The number of likely N-dealkylation sites (N-methyl/N-ethyl adjacent to an activating group) is 1. The summed E-state index contributed by atoms with van der Waals surface area (Å²) in [6, 6.07) is 5.73. The molecule has 0 saturated heterocycles. The van der Waals surface area contributed by atoms with Crippen molar-refractivity contribution in [3.05, 3.63) is 30.1 Å². The van der Waals surface area contributed by atoms with Gasteiger partial charge in [-0.15, -0.1) is 0 Å². The predicted octanol–water partition coefficient (Wildman–Crippen LogP) is 1.08. The Hall–Kier alpha value is -1.42. The van der Waals surface area contributed by atoms with Gasteiger partial charge < -0.3 is 10.2 Å². The van der Waals surface area contributed by atoms with Crippen LogP contribution in [-0.2, 0) is 11.2 Å². The SMILES string of the molecule is CCN(C)C(=O)C(C)NCCc1ccccn1. The molecule has 1 N–H and O–H groups in total. The molecule has 1 rings (SSSR count). The molecule has 94 valence electrons. The molecule has 0 radical (unpaired) electrons. The van der Waals surface area contributed by atoms with Gasteiger partial charge in [-0.25, -0.2) is 0 Å². The Morgan fingerprint density at radius 1 is 1.53 bits per heavy atom. The Labute approximate surface area is 103 Å². The number of nitrogens with zero attached hydrogens (tertiary/aromatic N) is 2. The number of rotatable bonds is 6. The van der Waals surface area contributed by atoms with Gasteiger partial charge in [0.1, 0.15) is 0 Å². The van der Waals surface area contributed by atoms with Crippen LogP contribution in [0.1, 0.15) is 19.5 Å². The fourth-order valence-corrected chi connectivity index (χ4v) is 1.54. The molecule has 1 amide bonds. The number of carbonyl (C=O) groups excluding carboxylic acids is 1. The largest absolute Gasteiger partial charge is 0.345 e. The maximum Gasteiger partial charge on any atom is 0.239 e. The third-order valence-electron chi connectivity index (χ3n) is 2.78. The van der Waals surface area contributed by atoms with Gasteiger partial charge in [0.2, 0.25) is 5.91 Å². The molecule has 4 heteroatoms. The third-order valence-corrected chi connectivity index (χ3v) is 2.78.